The van der Waals surface area contributed by atoms with E-state index in [2.05, 4.69) is 41.6 Å². The molecule has 0 bridgehead atoms. The van der Waals surface area contributed by atoms with E-state index in [1.807, 2.05) is 23.6 Å². The van der Waals surface area contributed by atoms with Gasteiger partial charge in [-0.2, -0.15) is 5.10 Å². The van der Waals surface area contributed by atoms with Crippen LogP contribution in [0.1, 0.15) is 45.9 Å². The third-order valence-electron chi connectivity index (χ3n) is 5.13. The van der Waals surface area contributed by atoms with Crippen LogP contribution in [0.5, 0.6) is 0 Å². The van der Waals surface area contributed by atoms with Crippen LogP contribution in [0.25, 0.3) is 10.8 Å². The zero-order valence-electron chi connectivity index (χ0n) is 17.0. The summed E-state index contributed by atoms with van der Waals surface area (Å²) in [7, 11) is 1.56. The highest BCUT2D eigenvalue weighted by Gasteiger charge is 2.22. The number of amides is 1. The standard InChI is InChI=1S/C24H23N3O2S/c1-3-7-16-11-13-17(14-12-16)21(20-10-6-15-30-20)25-23(28)22-18-8-4-5-9-19(18)24(29)27(2)26-22/h4-6,8-15,21H,3,7H2,1-2H3,(H,25,28)/t21-/m0/s1. The maximum atomic E-state index is 13.3. The lowest BCUT2D eigenvalue weighted by atomic mass is 10.0. The number of nitrogens with zero attached hydrogens (tertiary/aromatic N) is 2. The lowest BCUT2D eigenvalue weighted by molar-refractivity contribution is 0.0938. The Labute approximate surface area is 179 Å². The van der Waals surface area contributed by atoms with Gasteiger partial charge in [0.05, 0.1) is 11.4 Å². The molecule has 0 aliphatic heterocycles. The van der Waals surface area contributed by atoms with E-state index < -0.39 is 0 Å². The van der Waals surface area contributed by atoms with Gasteiger partial charge in [0.15, 0.2) is 5.69 Å². The second kappa shape index (κ2) is 8.63. The molecule has 2 aromatic carbocycles. The Kier molecular flexibility index (Phi) is 5.77. The summed E-state index contributed by atoms with van der Waals surface area (Å²) in [5, 5.41) is 10.4. The van der Waals surface area contributed by atoms with Gasteiger partial charge in [-0.15, -0.1) is 11.3 Å². The zero-order chi connectivity index (χ0) is 21.1. The topological polar surface area (TPSA) is 64.0 Å². The van der Waals surface area contributed by atoms with Crippen molar-refractivity contribution >= 4 is 28.0 Å². The molecule has 0 unspecified atom stereocenters. The van der Waals surface area contributed by atoms with E-state index in [1.54, 1.807) is 36.6 Å². The quantitative estimate of drug-likeness (QED) is 0.504. The van der Waals surface area contributed by atoms with Crippen LogP contribution in [0.3, 0.4) is 0 Å². The molecule has 4 rings (SSSR count). The molecule has 0 saturated carbocycles. The summed E-state index contributed by atoms with van der Waals surface area (Å²) in [4.78, 5) is 26.7. The fourth-order valence-electron chi connectivity index (χ4n) is 3.61. The van der Waals surface area contributed by atoms with Crippen LogP contribution in [-0.2, 0) is 13.5 Å². The monoisotopic (exact) mass is 417 g/mol. The number of aromatic nitrogens is 2. The molecular formula is C24H23N3O2S. The first-order valence-electron chi connectivity index (χ1n) is 9.97. The summed E-state index contributed by atoms with van der Waals surface area (Å²) in [5.74, 6) is -0.308. The minimum absolute atomic E-state index is 0.219. The van der Waals surface area contributed by atoms with Crippen molar-refractivity contribution in [2.24, 2.45) is 7.05 Å². The molecule has 6 heteroatoms. The fraction of sp³-hybridized carbons (Fsp3) is 0.208. The van der Waals surface area contributed by atoms with Gasteiger partial charge in [0.25, 0.3) is 11.5 Å². The van der Waals surface area contributed by atoms with Crippen LogP contribution in [0.4, 0.5) is 0 Å². The van der Waals surface area contributed by atoms with Crippen LogP contribution in [0.2, 0.25) is 0 Å². The summed E-state index contributed by atoms with van der Waals surface area (Å²) in [6, 6.07) is 19.2. The number of fused-ring (bicyclic) bond motifs is 1. The second-order valence-electron chi connectivity index (χ2n) is 7.24. The third-order valence-corrected chi connectivity index (χ3v) is 6.06. The summed E-state index contributed by atoms with van der Waals surface area (Å²) in [6.07, 6.45) is 2.13. The van der Waals surface area contributed by atoms with E-state index >= 15 is 0 Å². The number of hydrogen-bond acceptors (Lipinski definition) is 4. The zero-order valence-corrected chi connectivity index (χ0v) is 17.8. The second-order valence-corrected chi connectivity index (χ2v) is 8.22. The van der Waals surface area contributed by atoms with Gasteiger partial charge in [0.1, 0.15) is 0 Å². The molecule has 1 atom stereocenters. The number of carbonyl (C=O) groups is 1. The van der Waals surface area contributed by atoms with Crippen LogP contribution in [0.15, 0.2) is 70.8 Å². The number of rotatable bonds is 6. The SMILES string of the molecule is CCCc1ccc([C@H](NC(=O)c2nn(C)c(=O)c3ccccc23)c2cccs2)cc1. The number of thiophene rings is 1. The molecule has 1 amide bonds. The molecule has 2 aromatic heterocycles. The molecule has 0 aliphatic carbocycles. The van der Waals surface area contributed by atoms with E-state index in [-0.39, 0.29) is 23.2 Å². The molecule has 0 fully saturated rings. The minimum Gasteiger partial charge on any atom is -0.339 e. The lowest BCUT2D eigenvalue weighted by Crippen LogP contribution is -2.32. The van der Waals surface area contributed by atoms with Gasteiger partial charge in [-0.05, 0) is 35.1 Å². The van der Waals surface area contributed by atoms with Crippen molar-refractivity contribution in [3.05, 3.63) is 98.1 Å². The first kappa shape index (κ1) is 20.0. The van der Waals surface area contributed by atoms with Gasteiger partial charge in [0.2, 0.25) is 0 Å². The normalized spacial score (nSPS) is 12.1. The summed E-state index contributed by atoms with van der Waals surface area (Å²) >= 11 is 1.60. The maximum absolute atomic E-state index is 13.3. The smallest absolute Gasteiger partial charge is 0.274 e. The van der Waals surface area contributed by atoms with Crippen molar-refractivity contribution < 1.29 is 4.79 Å². The van der Waals surface area contributed by atoms with E-state index in [1.165, 1.54) is 10.2 Å². The Bertz CT molecular complexity index is 1230. The van der Waals surface area contributed by atoms with Crippen LogP contribution < -0.4 is 10.9 Å². The van der Waals surface area contributed by atoms with Gasteiger partial charge in [-0.1, -0.05) is 61.9 Å². The van der Waals surface area contributed by atoms with Gasteiger partial charge in [-0.25, -0.2) is 4.68 Å². The Hall–Kier alpha value is -3.25. The first-order chi connectivity index (χ1) is 14.6. The predicted octanol–water partition coefficient (Wildman–Crippen LogP) is 4.47. The van der Waals surface area contributed by atoms with Crippen LogP contribution >= 0.6 is 11.3 Å². The number of carbonyl (C=O) groups excluding carboxylic acids is 1. The average Bonchev–Trinajstić information content (AvgIpc) is 3.30. The Morgan fingerprint density at radius 3 is 2.47 bits per heavy atom. The lowest BCUT2D eigenvalue weighted by Gasteiger charge is -2.19. The van der Waals surface area contributed by atoms with E-state index in [9.17, 15) is 9.59 Å². The van der Waals surface area contributed by atoms with Crippen molar-refractivity contribution in [3.8, 4) is 0 Å². The summed E-state index contributed by atoms with van der Waals surface area (Å²) < 4.78 is 1.22. The predicted molar refractivity (Wildman–Crippen MR) is 121 cm³/mol. The molecular weight excluding hydrogens is 394 g/mol. The van der Waals surface area contributed by atoms with Gasteiger partial charge in [0, 0.05) is 17.3 Å². The highest BCUT2D eigenvalue weighted by molar-refractivity contribution is 7.10. The number of aryl methyl sites for hydroxylation is 2. The summed E-state index contributed by atoms with van der Waals surface area (Å²) in [5.41, 5.74) is 2.32. The third kappa shape index (κ3) is 3.91. The maximum Gasteiger partial charge on any atom is 0.274 e. The van der Waals surface area contributed by atoms with E-state index in [0.717, 1.165) is 23.3 Å². The van der Waals surface area contributed by atoms with Crippen molar-refractivity contribution in [1.29, 1.82) is 0 Å². The van der Waals surface area contributed by atoms with Crippen LogP contribution in [-0.4, -0.2) is 15.7 Å². The van der Waals surface area contributed by atoms with Crippen molar-refractivity contribution in [1.82, 2.24) is 15.1 Å². The largest absolute Gasteiger partial charge is 0.339 e. The molecule has 1 N–H and O–H groups in total. The average molecular weight is 418 g/mol. The minimum atomic E-state index is -0.308. The summed E-state index contributed by atoms with van der Waals surface area (Å²) in [6.45, 7) is 2.16. The van der Waals surface area contributed by atoms with Crippen molar-refractivity contribution in [2.45, 2.75) is 25.8 Å². The fourth-order valence-corrected chi connectivity index (χ4v) is 4.41. The van der Waals surface area contributed by atoms with E-state index in [4.69, 9.17) is 0 Å². The highest BCUT2D eigenvalue weighted by Crippen LogP contribution is 2.27. The molecule has 5 nitrogen and oxygen atoms in total. The van der Waals surface area contributed by atoms with Crippen LogP contribution in [0, 0.1) is 0 Å². The molecule has 0 saturated heterocycles. The highest BCUT2D eigenvalue weighted by atomic mass is 32.1. The number of benzene rings is 2. The molecule has 30 heavy (non-hydrogen) atoms. The molecule has 2 heterocycles. The first-order valence-corrected chi connectivity index (χ1v) is 10.9. The molecule has 0 radical (unpaired) electrons. The number of hydrogen-bond donors (Lipinski definition) is 1. The Morgan fingerprint density at radius 1 is 1.07 bits per heavy atom. The van der Waals surface area contributed by atoms with E-state index in [0.29, 0.717) is 10.8 Å². The Balaban J connectivity index is 1.72. The molecule has 152 valence electrons. The van der Waals surface area contributed by atoms with Crippen molar-refractivity contribution in [3.63, 3.8) is 0 Å². The van der Waals surface area contributed by atoms with Gasteiger partial charge in [-0.3, -0.25) is 9.59 Å². The molecule has 0 aliphatic rings. The van der Waals surface area contributed by atoms with Gasteiger partial charge >= 0.3 is 0 Å². The van der Waals surface area contributed by atoms with Gasteiger partial charge < -0.3 is 5.32 Å². The van der Waals surface area contributed by atoms with Crippen molar-refractivity contribution in [2.75, 3.05) is 0 Å². The molecule has 4 aromatic rings. The Morgan fingerprint density at radius 2 is 1.80 bits per heavy atom. The number of nitrogens with one attached hydrogen (secondary N) is 1. The molecule has 0 spiro atoms.